The molecule has 3 aromatic rings. The number of amides is 2. The van der Waals surface area contributed by atoms with Gasteiger partial charge in [-0.25, -0.2) is 9.40 Å². The quantitative estimate of drug-likeness (QED) is 0.354. The number of nitrogens with zero attached hydrogens (tertiary/aromatic N) is 3. The lowest BCUT2D eigenvalue weighted by Gasteiger charge is -2.27. The summed E-state index contributed by atoms with van der Waals surface area (Å²) >= 11 is 0. The molecule has 9 nitrogen and oxygen atoms in total. The molecule has 0 saturated carbocycles. The van der Waals surface area contributed by atoms with E-state index >= 15 is 0 Å². The van der Waals surface area contributed by atoms with E-state index in [1.54, 1.807) is 33.5 Å². The minimum Gasteiger partial charge on any atom is -0.497 e. The molecule has 3 aromatic carbocycles. The first-order valence-electron chi connectivity index (χ1n) is 12.7. The lowest BCUT2D eigenvalue weighted by Crippen LogP contribution is -2.42. The molecule has 1 unspecified atom stereocenters. The number of rotatable bonds is 11. The molecule has 2 amide bonds. The fraction of sp³-hybridized carbons (Fsp3) is 0.300. The third-order valence-corrected chi connectivity index (χ3v) is 6.64. The van der Waals surface area contributed by atoms with E-state index in [9.17, 15) is 14.0 Å². The molecule has 0 aromatic heterocycles. The van der Waals surface area contributed by atoms with Crippen molar-refractivity contribution in [2.24, 2.45) is 5.10 Å². The molecule has 10 heteroatoms. The van der Waals surface area contributed by atoms with Crippen molar-refractivity contribution in [3.05, 3.63) is 89.2 Å². The van der Waals surface area contributed by atoms with E-state index in [1.807, 2.05) is 30.3 Å². The fourth-order valence-corrected chi connectivity index (χ4v) is 4.52. The maximum atomic E-state index is 13.8. The number of hydrazone groups is 1. The van der Waals surface area contributed by atoms with Gasteiger partial charge in [-0.05, 0) is 48.0 Å². The Labute approximate surface area is 232 Å². The maximum absolute atomic E-state index is 13.8. The molecule has 210 valence electrons. The van der Waals surface area contributed by atoms with Crippen LogP contribution in [0.3, 0.4) is 0 Å². The van der Waals surface area contributed by atoms with Crippen molar-refractivity contribution in [3.8, 4) is 17.2 Å². The summed E-state index contributed by atoms with van der Waals surface area (Å²) in [7, 11) is 6.22. The molecule has 0 fully saturated rings. The molecule has 1 heterocycles. The number of hydrogen-bond donors (Lipinski definition) is 0. The molecule has 0 radical (unpaired) electrons. The molecule has 1 aliphatic heterocycles. The van der Waals surface area contributed by atoms with Crippen molar-refractivity contribution in [2.45, 2.75) is 12.5 Å². The highest BCUT2D eigenvalue weighted by Crippen LogP contribution is 2.36. The zero-order valence-electron chi connectivity index (χ0n) is 22.9. The summed E-state index contributed by atoms with van der Waals surface area (Å²) in [6, 6.07) is 17.8. The molecule has 0 bridgehead atoms. The first kappa shape index (κ1) is 28.6. The third-order valence-electron chi connectivity index (χ3n) is 6.64. The molecule has 40 heavy (non-hydrogen) atoms. The van der Waals surface area contributed by atoms with Crippen LogP contribution in [0.1, 0.15) is 33.9 Å². The van der Waals surface area contributed by atoms with E-state index in [0.717, 1.165) is 17.2 Å². The molecule has 1 atom stereocenters. The van der Waals surface area contributed by atoms with Gasteiger partial charge in [-0.3, -0.25) is 9.59 Å². The summed E-state index contributed by atoms with van der Waals surface area (Å²) in [6.07, 6.45) is 0.413. The molecular weight excluding hydrogens is 517 g/mol. The van der Waals surface area contributed by atoms with Crippen LogP contribution in [0.2, 0.25) is 0 Å². The van der Waals surface area contributed by atoms with Gasteiger partial charge >= 0.3 is 0 Å². The zero-order valence-corrected chi connectivity index (χ0v) is 22.9. The summed E-state index contributed by atoms with van der Waals surface area (Å²) < 4.78 is 35.2. The van der Waals surface area contributed by atoms with Gasteiger partial charge in [0.2, 0.25) is 0 Å². The first-order valence-corrected chi connectivity index (χ1v) is 12.7. The highest BCUT2D eigenvalue weighted by atomic mass is 19.1. The van der Waals surface area contributed by atoms with Crippen LogP contribution < -0.4 is 14.2 Å². The number of hydrogen-bond acceptors (Lipinski definition) is 7. The molecule has 0 N–H and O–H groups in total. The van der Waals surface area contributed by atoms with Crippen molar-refractivity contribution in [1.82, 2.24) is 9.91 Å². The number of methoxy groups -OCH3 is 4. The predicted octanol–water partition coefficient (Wildman–Crippen LogP) is 4.32. The van der Waals surface area contributed by atoms with Gasteiger partial charge in [-0.1, -0.05) is 18.2 Å². The molecule has 1 aliphatic rings. The Balaban J connectivity index is 1.68. The van der Waals surface area contributed by atoms with Crippen molar-refractivity contribution in [1.29, 1.82) is 0 Å². The van der Waals surface area contributed by atoms with Crippen molar-refractivity contribution in [3.63, 3.8) is 0 Å². The standard InChI is InChI=1S/C30H32FN3O6/c1-37-15-14-33(30(36)21-6-5-7-22(31)16-21)19-29(35)34-27(20-8-10-23(38-2)11-9-20)18-26(32-34)25-13-12-24(39-3)17-28(25)40-4/h5-13,16-17,27H,14-15,18-19H2,1-4H3. The van der Waals surface area contributed by atoms with Crippen LogP contribution in [0.4, 0.5) is 4.39 Å². The summed E-state index contributed by atoms with van der Waals surface area (Å²) in [5.74, 6) is 0.456. The van der Waals surface area contributed by atoms with E-state index < -0.39 is 23.7 Å². The smallest absolute Gasteiger partial charge is 0.262 e. The minimum atomic E-state index is -0.536. The van der Waals surface area contributed by atoms with E-state index in [1.165, 1.54) is 35.2 Å². The van der Waals surface area contributed by atoms with E-state index in [-0.39, 0.29) is 25.3 Å². The highest BCUT2D eigenvalue weighted by molar-refractivity contribution is 6.05. The monoisotopic (exact) mass is 549 g/mol. The van der Waals surface area contributed by atoms with Gasteiger partial charge in [0.25, 0.3) is 11.8 Å². The van der Waals surface area contributed by atoms with Crippen LogP contribution in [0, 0.1) is 5.82 Å². The van der Waals surface area contributed by atoms with Gasteiger partial charge < -0.3 is 23.8 Å². The van der Waals surface area contributed by atoms with Crippen LogP contribution in [0.15, 0.2) is 71.8 Å². The fourth-order valence-electron chi connectivity index (χ4n) is 4.52. The third kappa shape index (κ3) is 6.40. The summed E-state index contributed by atoms with van der Waals surface area (Å²) in [4.78, 5) is 28.4. The lowest BCUT2D eigenvalue weighted by molar-refractivity contribution is -0.133. The lowest BCUT2D eigenvalue weighted by atomic mass is 9.97. The predicted molar refractivity (Wildman–Crippen MR) is 147 cm³/mol. The van der Waals surface area contributed by atoms with E-state index in [0.29, 0.717) is 29.4 Å². The number of ether oxygens (including phenoxy) is 4. The Bertz CT molecular complexity index is 1380. The molecule has 0 spiro atoms. The van der Waals surface area contributed by atoms with Gasteiger partial charge in [-0.15, -0.1) is 0 Å². The van der Waals surface area contributed by atoms with Crippen LogP contribution >= 0.6 is 0 Å². The van der Waals surface area contributed by atoms with Crippen LogP contribution in [0.5, 0.6) is 17.2 Å². The Morgan fingerprint density at radius 1 is 0.950 bits per heavy atom. The number of halogens is 1. The Morgan fingerprint density at radius 2 is 1.68 bits per heavy atom. The Hall–Kier alpha value is -4.44. The Kier molecular flexibility index (Phi) is 9.34. The highest BCUT2D eigenvalue weighted by Gasteiger charge is 2.35. The van der Waals surface area contributed by atoms with Crippen molar-refractivity contribution in [2.75, 3.05) is 48.1 Å². The number of carbonyl (C=O) groups is 2. The topological polar surface area (TPSA) is 89.9 Å². The SMILES string of the molecule is COCCN(CC(=O)N1N=C(c2ccc(OC)cc2OC)CC1c1ccc(OC)cc1)C(=O)c1cccc(F)c1. The van der Waals surface area contributed by atoms with Gasteiger partial charge in [0.05, 0.1) is 39.7 Å². The molecule has 0 saturated heterocycles. The van der Waals surface area contributed by atoms with Crippen molar-refractivity contribution < 1.29 is 32.9 Å². The summed E-state index contributed by atoms with van der Waals surface area (Å²) in [5, 5.41) is 6.12. The average Bonchev–Trinajstić information content (AvgIpc) is 3.44. The van der Waals surface area contributed by atoms with Gasteiger partial charge in [0.1, 0.15) is 29.6 Å². The van der Waals surface area contributed by atoms with Crippen LogP contribution in [-0.2, 0) is 9.53 Å². The van der Waals surface area contributed by atoms with E-state index in [2.05, 4.69) is 0 Å². The zero-order chi connectivity index (χ0) is 28.6. The van der Waals surface area contributed by atoms with Crippen molar-refractivity contribution >= 4 is 17.5 Å². The van der Waals surface area contributed by atoms with Crippen LogP contribution in [-0.4, -0.2) is 75.6 Å². The Morgan fingerprint density at radius 3 is 2.33 bits per heavy atom. The largest absolute Gasteiger partial charge is 0.497 e. The maximum Gasteiger partial charge on any atom is 0.262 e. The summed E-state index contributed by atoms with van der Waals surface area (Å²) in [6.45, 7) is 0.0667. The second kappa shape index (κ2) is 13.1. The molecule has 0 aliphatic carbocycles. The first-order chi connectivity index (χ1) is 19.4. The van der Waals surface area contributed by atoms with E-state index in [4.69, 9.17) is 24.0 Å². The van der Waals surface area contributed by atoms with Crippen LogP contribution in [0.25, 0.3) is 0 Å². The molecular formula is C30H32FN3O6. The summed E-state index contributed by atoms with van der Waals surface area (Å²) in [5.41, 5.74) is 2.36. The van der Waals surface area contributed by atoms with Gasteiger partial charge in [-0.2, -0.15) is 5.10 Å². The minimum absolute atomic E-state index is 0.140. The van der Waals surface area contributed by atoms with Gasteiger partial charge in [0.15, 0.2) is 0 Å². The second-order valence-electron chi connectivity index (χ2n) is 9.07. The second-order valence-corrected chi connectivity index (χ2v) is 9.07. The number of benzene rings is 3. The van der Waals surface area contributed by atoms with Gasteiger partial charge in [0, 0.05) is 37.3 Å². The average molecular weight is 550 g/mol. The molecule has 4 rings (SSSR count). The number of carbonyl (C=O) groups excluding carboxylic acids is 2. The normalized spacial score (nSPS) is 14.5.